The van der Waals surface area contributed by atoms with E-state index in [1.807, 2.05) is 0 Å². The van der Waals surface area contributed by atoms with Crippen LogP contribution in [0.15, 0.2) is 18.2 Å². The Hall–Kier alpha value is -2.65. The highest BCUT2D eigenvalue weighted by Gasteiger charge is 2.51. The normalized spacial score (nSPS) is 20.0. The van der Waals surface area contributed by atoms with Crippen molar-refractivity contribution in [3.8, 4) is 5.75 Å². The number of fused-ring (bicyclic) bond motifs is 1. The number of hydrogen-bond donors (Lipinski definition) is 3. The van der Waals surface area contributed by atoms with Crippen LogP contribution in [0.3, 0.4) is 0 Å². The van der Waals surface area contributed by atoms with Crippen LogP contribution in [0.5, 0.6) is 5.75 Å². The number of halogens is 3. The molecule has 0 radical (unpaired) electrons. The van der Waals surface area contributed by atoms with E-state index in [9.17, 15) is 27.9 Å². The molecule has 3 N–H and O–H groups in total. The summed E-state index contributed by atoms with van der Waals surface area (Å²) < 4.78 is 48.8. The van der Waals surface area contributed by atoms with E-state index in [2.05, 4.69) is 15.4 Å². The average molecular weight is 416 g/mol. The zero-order chi connectivity index (χ0) is 21.4. The van der Waals surface area contributed by atoms with Crippen LogP contribution >= 0.6 is 0 Å². The second kappa shape index (κ2) is 7.64. The molecule has 1 aromatic carbocycles. The minimum absolute atomic E-state index is 0.205. The molecule has 1 heterocycles. The van der Waals surface area contributed by atoms with Gasteiger partial charge in [0, 0.05) is 5.69 Å². The summed E-state index contributed by atoms with van der Waals surface area (Å²) in [5.41, 5.74) is -1.84. The highest BCUT2D eigenvalue weighted by atomic mass is 19.4. The third-order valence-corrected chi connectivity index (χ3v) is 5.10. The Kier molecular flexibility index (Phi) is 5.55. The molecule has 1 saturated carbocycles. The minimum atomic E-state index is -4.70. The van der Waals surface area contributed by atoms with Crippen LogP contribution in [-0.2, 0) is 9.53 Å². The largest absolute Gasteiger partial charge is 0.486 e. The molecule has 0 saturated heterocycles. The Morgan fingerprint density at radius 2 is 2.03 bits per heavy atom. The van der Waals surface area contributed by atoms with Crippen molar-refractivity contribution < 1.29 is 37.3 Å². The molecule has 3 rings (SSSR count). The van der Waals surface area contributed by atoms with Gasteiger partial charge >= 0.3 is 18.2 Å². The molecule has 0 bridgehead atoms. The van der Waals surface area contributed by atoms with Gasteiger partial charge in [-0.3, -0.25) is 10.1 Å². The maximum Gasteiger partial charge on any atom is 0.427 e. The molecular weight excluding hydrogens is 393 g/mol. The third kappa shape index (κ3) is 5.04. The van der Waals surface area contributed by atoms with Gasteiger partial charge in [0.15, 0.2) is 0 Å². The van der Waals surface area contributed by atoms with Gasteiger partial charge in [-0.05, 0) is 57.2 Å². The maximum absolute atomic E-state index is 12.8. The summed E-state index contributed by atoms with van der Waals surface area (Å²) in [6.07, 6.45) is -3.99. The number of hydrogen-bond acceptors (Lipinski definition) is 5. The summed E-state index contributed by atoms with van der Waals surface area (Å²) in [7, 11) is 0. The number of rotatable bonds is 6. The van der Waals surface area contributed by atoms with Gasteiger partial charge in [0.2, 0.25) is 5.60 Å². The van der Waals surface area contributed by atoms with Crippen LogP contribution in [0.25, 0.3) is 0 Å². The van der Waals surface area contributed by atoms with Crippen LogP contribution in [0, 0.1) is 11.8 Å². The Labute approximate surface area is 165 Å². The predicted molar refractivity (Wildman–Crippen MR) is 98.1 cm³/mol. The fourth-order valence-electron chi connectivity index (χ4n) is 3.13. The number of anilines is 2. The van der Waals surface area contributed by atoms with Crippen LogP contribution in [0.4, 0.5) is 29.3 Å². The topological polar surface area (TPSA) is 96.9 Å². The van der Waals surface area contributed by atoms with Crippen molar-refractivity contribution in [3.05, 3.63) is 18.2 Å². The molecule has 10 heteroatoms. The number of amides is 1. The standard InChI is InChI=1S/C19H23F3N2O5/c1-18(2,19(20,21)22)29-17(27)24-11-5-6-15-14(7-11)23-9-12(28-15)8-13(16(25)26)10-3-4-10/h5-7,10,12-13,23H,3-4,8-9H2,1-2H3,(H,24,27)(H,25,26). The molecule has 2 atom stereocenters. The highest BCUT2D eigenvalue weighted by molar-refractivity contribution is 5.86. The summed E-state index contributed by atoms with van der Waals surface area (Å²) >= 11 is 0. The first kappa shape index (κ1) is 21.1. The van der Waals surface area contributed by atoms with E-state index in [1.165, 1.54) is 12.1 Å². The number of aliphatic carboxylic acids is 1. The van der Waals surface area contributed by atoms with Crippen molar-refractivity contribution in [2.45, 2.75) is 51.0 Å². The smallest absolute Gasteiger partial charge is 0.427 e. The van der Waals surface area contributed by atoms with E-state index in [-0.39, 0.29) is 17.7 Å². The lowest BCUT2D eigenvalue weighted by Crippen LogP contribution is -2.44. The van der Waals surface area contributed by atoms with E-state index in [0.717, 1.165) is 26.7 Å². The van der Waals surface area contributed by atoms with Gasteiger partial charge in [0.1, 0.15) is 11.9 Å². The monoisotopic (exact) mass is 416 g/mol. The number of benzene rings is 1. The Morgan fingerprint density at radius 3 is 2.62 bits per heavy atom. The van der Waals surface area contributed by atoms with Crippen molar-refractivity contribution in [1.82, 2.24) is 0 Å². The van der Waals surface area contributed by atoms with Gasteiger partial charge in [-0.2, -0.15) is 13.2 Å². The molecule has 1 aromatic rings. The van der Waals surface area contributed by atoms with Crippen LogP contribution < -0.4 is 15.4 Å². The quantitative estimate of drug-likeness (QED) is 0.642. The van der Waals surface area contributed by atoms with Gasteiger partial charge in [-0.15, -0.1) is 0 Å². The fourth-order valence-corrected chi connectivity index (χ4v) is 3.13. The fraction of sp³-hybridized carbons (Fsp3) is 0.579. The van der Waals surface area contributed by atoms with Gasteiger partial charge in [0.25, 0.3) is 0 Å². The molecule has 29 heavy (non-hydrogen) atoms. The van der Waals surface area contributed by atoms with Crippen LogP contribution in [0.1, 0.15) is 33.1 Å². The minimum Gasteiger partial charge on any atom is -0.486 e. The van der Waals surface area contributed by atoms with E-state index in [1.54, 1.807) is 6.07 Å². The van der Waals surface area contributed by atoms with Gasteiger partial charge in [-0.25, -0.2) is 4.79 Å². The zero-order valence-electron chi connectivity index (χ0n) is 16.0. The van der Waals surface area contributed by atoms with Crippen molar-refractivity contribution in [2.24, 2.45) is 11.8 Å². The van der Waals surface area contributed by atoms with Gasteiger partial charge < -0.3 is 19.9 Å². The molecule has 2 aliphatic rings. The molecule has 1 amide bonds. The third-order valence-electron chi connectivity index (χ3n) is 5.10. The summed E-state index contributed by atoms with van der Waals surface area (Å²) in [6.45, 7) is 1.92. The van der Waals surface area contributed by atoms with Crippen molar-refractivity contribution in [2.75, 3.05) is 17.2 Å². The van der Waals surface area contributed by atoms with Crippen molar-refractivity contribution in [3.63, 3.8) is 0 Å². The molecule has 1 aliphatic carbocycles. The first-order valence-electron chi connectivity index (χ1n) is 9.30. The molecule has 2 unspecified atom stereocenters. The van der Waals surface area contributed by atoms with Crippen molar-refractivity contribution in [1.29, 1.82) is 0 Å². The Bertz CT molecular complexity index is 793. The summed E-state index contributed by atoms with van der Waals surface area (Å²) in [5.74, 6) is -0.565. The number of alkyl halides is 3. The molecule has 0 spiro atoms. The Balaban J connectivity index is 1.60. The van der Waals surface area contributed by atoms with Crippen LogP contribution in [0.2, 0.25) is 0 Å². The molecule has 160 valence electrons. The molecule has 7 nitrogen and oxygen atoms in total. The highest BCUT2D eigenvalue weighted by Crippen LogP contribution is 2.41. The first-order chi connectivity index (χ1) is 13.5. The predicted octanol–water partition coefficient (Wildman–Crippen LogP) is 4.25. The van der Waals surface area contributed by atoms with Gasteiger partial charge in [0.05, 0.1) is 18.2 Å². The lowest BCUT2D eigenvalue weighted by Gasteiger charge is -2.30. The number of carbonyl (C=O) groups excluding carboxylic acids is 1. The number of nitrogens with one attached hydrogen (secondary N) is 2. The zero-order valence-corrected chi connectivity index (χ0v) is 16.0. The molecular formula is C19H23F3N2O5. The number of carbonyl (C=O) groups is 2. The second-order valence-electron chi connectivity index (χ2n) is 7.87. The van der Waals surface area contributed by atoms with E-state index >= 15 is 0 Å². The lowest BCUT2D eigenvalue weighted by atomic mass is 9.95. The second-order valence-corrected chi connectivity index (χ2v) is 7.87. The lowest BCUT2D eigenvalue weighted by molar-refractivity contribution is -0.242. The van der Waals surface area contributed by atoms with Crippen LogP contribution in [-0.4, -0.2) is 41.6 Å². The van der Waals surface area contributed by atoms with E-state index in [0.29, 0.717) is 24.4 Å². The number of carboxylic acid groups (broad SMARTS) is 1. The molecule has 1 aliphatic heterocycles. The molecule has 1 fully saturated rings. The first-order valence-corrected chi connectivity index (χ1v) is 9.30. The van der Waals surface area contributed by atoms with E-state index in [4.69, 9.17) is 4.74 Å². The summed E-state index contributed by atoms with van der Waals surface area (Å²) in [5, 5.41) is 14.7. The van der Waals surface area contributed by atoms with E-state index < -0.39 is 29.8 Å². The summed E-state index contributed by atoms with van der Waals surface area (Å²) in [6, 6.07) is 4.55. The maximum atomic E-state index is 12.8. The molecule has 0 aromatic heterocycles. The Morgan fingerprint density at radius 1 is 1.34 bits per heavy atom. The number of ether oxygens (including phenoxy) is 2. The average Bonchev–Trinajstić information content (AvgIpc) is 3.42. The van der Waals surface area contributed by atoms with Crippen molar-refractivity contribution >= 4 is 23.4 Å². The van der Waals surface area contributed by atoms with Gasteiger partial charge in [-0.1, -0.05) is 0 Å². The number of carboxylic acids is 1. The SMILES string of the molecule is CC(C)(OC(=O)Nc1ccc2c(c1)NCC(CC(C(=O)O)C1CC1)O2)C(F)(F)F. The summed E-state index contributed by atoms with van der Waals surface area (Å²) in [4.78, 5) is 23.2.